The molecule has 0 radical (unpaired) electrons. The molecule has 0 bridgehead atoms. The van der Waals surface area contributed by atoms with Crippen LogP contribution in [0.2, 0.25) is 0 Å². The summed E-state index contributed by atoms with van der Waals surface area (Å²) in [7, 11) is 0. The minimum Gasteiger partial charge on any atom is -0.481 e. The maximum absolute atomic E-state index is 11.7. The van der Waals surface area contributed by atoms with E-state index < -0.39 is 5.97 Å². The summed E-state index contributed by atoms with van der Waals surface area (Å²) in [6.45, 7) is 2.15. The Labute approximate surface area is 93.1 Å². The summed E-state index contributed by atoms with van der Waals surface area (Å²) in [5, 5.41) is 12.9. The fourth-order valence-electron chi connectivity index (χ4n) is 2.17. The molecule has 0 saturated carbocycles. The van der Waals surface area contributed by atoms with Crippen molar-refractivity contribution in [2.75, 3.05) is 0 Å². The van der Waals surface area contributed by atoms with E-state index in [-0.39, 0.29) is 12.2 Å². The van der Waals surface area contributed by atoms with E-state index >= 15 is 0 Å². The third-order valence-corrected chi connectivity index (χ3v) is 2.87. The van der Waals surface area contributed by atoms with Gasteiger partial charge >= 0.3 is 5.97 Å². The predicted molar refractivity (Wildman–Crippen MR) is 56.5 cm³/mol. The molecule has 0 atom stereocenters. The van der Waals surface area contributed by atoms with Crippen molar-refractivity contribution in [2.45, 2.75) is 39.2 Å². The highest BCUT2D eigenvalue weighted by atomic mass is 16.4. The Morgan fingerprint density at radius 2 is 2.25 bits per heavy atom. The maximum Gasteiger partial charge on any atom is 0.305 e. The zero-order chi connectivity index (χ0) is 11.7. The van der Waals surface area contributed by atoms with Gasteiger partial charge in [0.1, 0.15) is 0 Å². The van der Waals surface area contributed by atoms with Gasteiger partial charge in [-0.05, 0) is 19.8 Å². The number of hydrogen-bond acceptors (Lipinski definition) is 3. The fraction of sp³-hybridized carbons (Fsp3) is 0.545. The fourth-order valence-corrected chi connectivity index (χ4v) is 2.17. The highest BCUT2D eigenvalue weighted by Crippen LogP contribution is 2.24. The van der Waals surface area contributed by atoms with Gasteiger partial charge in [0.15, 0.2) is 5.78 Å². The second-order valence-corrected chi connectivity index (χ2v) is 4.05. The number of nitrogens with zero attached hydrogens (tertiary/aromatic N) is 2. The van der Waals surface area contributed by atoms with Crippen LogP contribution in [0, 0.1) is 6.92 Å². The highest BCUT2D eigenvalue weighted by molar-refractivity contribution is 5.99. The third-order valence-electron chi connectivity index (χ3n) is 2.87. The van der Waals surface area contributed by atoms with Crippen LogP contribution in [0.4, 0.5) is 0 Å². The number of aromatic nitrogens is 2. The highest BCUT2D eigenvalue weighted by Gasteiger charge is 2.24. The molecule has 0 aliphatic heterocycles. The topological polar surface area (TPSA) is 72.2 Å². The molecule has 0 saturated heterocycles. The average molecular weight is 222 g/mol. The van der Waals surface area contributed by atoms with Crippen LogP contribution in [0.25, 0.3) is 0 Å². The number of Topliss-reactive ketones (excluding diaryl/α,β-unsaturated/α-hetero) is 1. The van der Waals surface area contributed by atoms with Crippen molar-refractivity contribution >= 4 is 11.8 Å². The lowest BCUT2D eigenvalue weighted by Gasteiger charge is -2.12. The Hall–Kier alpha value is -1.65. The summed E-state index contributed by atoms with van der Waals surface area (Å²) in [5.74, 6) is -0.704. The number of carboxylic acids is 1. The first-order valence-electron chi connectivity index (χ1n) is 5.41. The van der Waals surface area contributed by atoms with Crippen molar-refractivity contribution in [3.8, 4) is 0 Å². The van der Waals surface area contributed by atoms with Gasteiger partial charge in [0.05, 0.1) is 24.2 Å². The first-order valence-corrected chi connectivity index (χ1v) is 5.41. The van der Waals surface area contributed by atoms with Crippen LogP contribution in [0.1, 0.15) is 41.0 Å². The largest absolute Gasteiger partial charge is 0.481 e. The van der Waals surface area contributed by atoms with Gasteiger partial charge in [0.2, 0.25) is 0 Å². The molecular formula is C11H14N2O3. The molecule has 5 nitrogen and oxygen atoms in total. The summed E-state index contributed by atoms with van der Waals surface area (Å²) in [6, 6.07) is 0. The average Bonchev–Trinajstić information content (AvgIpc) is 2.54. The minimum absolute atomic E-state index is 0.0434. The van der Waals surface area contributed by atoms with Crippen molar-refractivity contribution in [1.29, 1.82) is 0 Å². The number of aryl methyl sites for hydroxylation is 2. The molecule has 86 valence electrons. The van der Waals surface area contributed by atoms with Crippen molar-refractivity contribution in [3.05, 3.63) is 17.0 Å². The summed E-state index contributed by atoms with van der Waals surface area (Å²) in [4.78, 5) is 22.2. The number of rotatable bonds is 3. The summed E-state index contributed by atoms with van der Waals surface area (Å²) in [5.41, 5.74) is 2.36. The molecule has 0 amide bonds. The maximum atomic E-state index is 11.7. The van der Waals surface area contributed by atoms with E-state index in [0.717, 1.165) is 29.8 Å². The van der Waals surface area contributed by atoms with Gasteiger partial charge in [0, 0.05) is 12.1 Å². The first-order chi connectivity index (χ1) is 7.59. The lowest BCUT2D eigenvalue weighted by molar-refractivity contribution is -0.137. The van der Waals surface area contributed by atoms with E-state index in [9.17, 15) is 9.59 Å². The van der Waals surface area contributed by atoms with Gasteiger partial charge in [-0.1, -0.05) is 0 Å². The molecular weight excluding hydrogens is 208 g/mol. The minimum atomic E-state index is -0.843. The van der Waals surface area contributed by atoms with Crippen molar-refractivity contribution < 1.29 is 14.7 Å². The smallest absolute Gasteiger partial charge is 0.305 e. The van der Waals surface area contributed by atoms with E-state index in [4.69, 9.17) is 5.11 Å². The van der Waals surface area contributed by atoms with Crippen LogP contribution in [0.15, 0.2) is 0 Å². The Bertz CT molecular complexity index is 448. The van der Waals surface area contributed by atoms with Crippen LogP contribution in [0.3, 0.4) is 0 Å². The lowest BCUT2D eigenvalue weighted by atomic mass is 9.95. The zero-order valence-corrected chi connectivity index (χ0v) is 9.19. The summed E-state index contributed by atoms with van der Waals surface area (Å²) >= 11 is 0. The third kappa shape index (κ3) is 1.85. The van der Waals surface area contributed by atoms with E-state index in [0.29, 0.717) is 13.0 Å². The number of carbonyl (C=O) groups excluding carboxylic acids is 1. The van der Waals surface area contributed by atoms with Gasteiger partial charge in [-0.3, -0.25) is 14.3 Å². The quantitative estimate of drug-likeness (QED) is 0.833. The molecule has 5 heteroatoms. The first kappa shape index (κ1) is 10.9. The van der Waals surface area contributed by atoms with Crippen LogP contribution in [-0.2, 0) is 17.8 Å². The van der Waals surface area contributed by atoms with E-state index in [1.807, 2.05) is 0 Å². The SMILES string of the molecule is Cc1nn(CCC(=O)O)c2c1C(=O)CCC2. The van der Waals surface area contributed by atoms with Gasteiger partial charge < -0.3 is 5.11 Å². The van der Waals surface area contributed by atoms with E-state index in [2.05, 4.69) is 5.10 Å². The molecule has 16 heavy (non-hydrogen) atoms. The molecule has 0 unspecified atom stereocenters. The van der Waals surface area contributed by atoms with Crippen LogP contribution >= 0.6 is 0 Å². The molecule has 1 aliphatic rings. The monoisotopic (exact) mass is 222 g/mol. The Morgan fingerprint density at radius 3 is 2.94 bits per heavy atom. The molecule has 1 heterocycles. The molecule has 1 aliphatic carbocycles. The second kappa shape index (κ2) is 4.08. The van der Waals surface area contributed by atoms with Gasteiger partial charge in [-0.15, -0.1) is 0 Å². The Balaban J connectivity index is 2.30. The predicted octanol–water partition coefficient (Wildman–Crippen LogP) is 1.19. The molecule has 0 aromatic carbocycles. The Kier molecular flexibility index (Phi) is 2.77. The van der Waals surface area contributed by atoms with E-state index in [1.165, 1.54) is 0 Å². The standard InChI is InChI=1S/C11H14N2O3/c1-7-11-8(3-2-4-9(11)14)13(12-7)6-5-10(15)16/h2-6H2,1H3,(H,15,16). The number of carboxylic acid groups (broad SMARTS) is 1. The van der Waals surface area contributed by atoms with Crippen molar-refractivity contribution in [3.63, 3.8) is 0 Å². The van der Waals surface area contributed by atoms with Crippen molar-refractivity contribution in [1.82, 2.24) is 9.78 Å². The number of aliphatic carboxylic acids is 1. The lowest BCUT2D eigenvalue weighted by Crippen LogP contribution is -2.15. The molecule has 1 N–H and O–H groups in total. The molecule has 0 fully saturated rings. The number of ketones is 1. The van der Waals surface area contributed by atoms with Crippen molar-refractivity contribution in [2.24, 2.45) is 0 Å². The summed E-state index contributed by atoms with van der Waals surface area (Å²) < 4.78 is 1.68. The number of carbonyl (C=O) groups is 2. The van der Waals surface area contributed by atoms with Gasteiger partial charge in [-0.2, -0.15) is 5.10 Å². The molecule has 2 rings (SSSR count). The molecule has 1 aromatic rings. The van der Waals surface area contributed by atoms with Crippen LogP contribution in [-0.4, -0.2) is 26.6 Å². The van der Waals surface area contributed by atoms with Crippen LogP contribution in [0.5, 0.6) is 0 Å². The summed E-state index contributed by atoms with van der Waals surface area (Å²) in [6.07, 6.45) is 2.28. The molecule has 0 spiro atoms. The molecule has 1 aromatic heterocycles. The number of fused-ring (bicyclic) bond motifs is 1. The van der Waals surface area contributed by atoms with Crippen LogP contribution < -0.4 is 0 Å². The van der Waals surface area contributed by atoms with Gasteiger partial charge in [-0.25, -0.2) is 0 Å². The zero-order valence-electron chi connectivity index (χ0n) is 9.19. The number of hydrogen-bond donors (Lipinski definition) is 1. The van der Waals surface area contributed by atoms with Gasteiger partial charge in [0.25, 0.3) is 0 Å². The Morgan fingerprint density at radius 1 is 1.50 bits per heavy atom. The van der Waals surface area contributed by atoms with E-state index in [1.54, 1.807) is 11.6 Å². The normalized spacial score (nSPS) is 14.9. The second-order valence-electron chi connectivity index (χ2n) is 4.05.